The first-order chi connectivity index (χ1) is 8.35. The van der Waals surface area contributed by atoms with E-state index >= 15 is 0 Å². The Hall–Kier alpha value is -0.960. The van der Waals surface area contributed by atoms with Gasteiger partial charge in [-0.25, -0.2) is 4.98 Å². The molecule has 1 fully saturated rings. The summed E-state index contributed by atoms with van der Waals surface area (Å²) < 4.78 is 5.18. The topological polar surface area (TPSA) is 25.4 Å². The van der Waals surface area contributed by atoms with Gasteiger partial charge >= 0.3 is 0 Å². The second-order valence-electron chi connectivity index (χ2n) is 4.38. The Morgan fingerprint density at radius 1 is 1.53 bits per heavy atom. The summed E-state index contributed by atoms with van der Waals surface area (Å²) >= 11 is 5.79. The second kappa shape index (κ2) is 6.10. The van der Waals surface area contributed by atoms with E-state index in [0.717, 1.165) is 13.0 Å². The van der Waals surface area contributed by atoms with E-state index < -0.39 is 0 Å². The van der Waals surface area contributed by atoms with Crippen molar-refractivity contribution in [2.45, 2.75) is 31.7 Å². The standard InChI is InChI=1S/C13H19ClN2O/c1-17-13-10-12(6-8-15-13)16(9-3-7-14)11-4-2-5-11/h6,8,10-11H,2-5,7,9H2,1H3. The van der Waals surface area contributed by atoms with Gasteiger partial charge in [-0.05, 0) is 31.7 Å². The Morgan fingerprint density at radius 3 is 2.94 bits per heavy atom. The van der Waals surface area contributed by atoms with Gasteiger partial charge in [-0.3, -0.25) is 0 Å². The molecule has 0 amide bonds. The Labute approximate surface area is 108 Å². The maximum absolute atomic E-state index is 5.79. The monoisotopic (exact) mass is 254 g/mol. The van der Waals surface area contributed by atoms with Gasteiger partial charge in [0.05, 0.1) is 7.11 Å². The fourth-order valence-corrected chi connectivity index (χ4v) is 2.26. The third kappa shape index (κ3) is 3.03. The molecule has 0 N–H and O–H groups in total. The number of ether oxygens (including phenoxy) is 1. The van der Waals surface area contributed by atoms with E-state index in [0.29, 0.717) is 17.8 Å². The molecule has 0 atom stereocenters. The molecule has 1 heterocycles. The number of halogens is 1. The van der Waals surface area contributed by atoms with Crippen molar-refractivity contribution < 1.29 is 4.74 Å². The molecule has 94 valence electrons. The molecule has 0 aromatic carbocycles. The van der Waals surface area contributed by atoms with Crippen molar-refractivity contribution in [3.63, 3.8) is 0 Å². The third-order valence-electron chi connectivity index (χ3n) is 3.31. The van der Waals surface area contributed by atoms with Crippen LogP contribution in [0.1, 0.15) is 25.7 Å². The van der Waals surface area contributed by atoms with Gasteiger partial charge in [0.25, 0.3) is 0 Å². The number of rotatable bonds is 6. The molecule has 0 radical (unpaired) electrons. The molecule has 1 aromatic heterocycles. The minimum Gasteiger partial charge on any atom is -0.481 e. The molecule has 1 aliphatic carbocycles. The van der Waals surface area contributed by atoms with Crippen LogP contribution in [0.3, 0.4) is 0 Å². The highest BCUT2D eigenvalue weighted by Crippen LogP contribution is 2.30. The van der Waals surface area contributed by atoms with E-state index in [1.807, 2.05) is 6.07 Å². The van der Waals surface area contributed by atoms with Crippen LogP contribution < -0.4 is 9.64 Å². The lowest BCUT2D eigenvalue weighted by atomic mass is 9.91. The lowest BCUT2D eigenvalue weighted by molar-refractivity contribution is 0.382. The van der Waals surface area contributed by atoms with E-state index in [-0.39, 0.29) is 0 Å². The minimum atomic E-state index is 0.672. The van der Waals surface area contributed by atoms with Crippen LogP contribution in [-0.2, 0) is 0 Å². The van der Waals surface area contributed by atoms with Gasteiger partial charge in [-0.2, -0.15) is 0 Å². The molecule has 4 heteroatoms. The number of methoxy groups -OCH3 is 1. The number of aromatic nitrogens is 1. The summed E-state index contributed by atoms with van der Waals surface area (Å²) in [6, 6.07) is 4.73. The van der Waals surface area contributed by atoms with E-state index in [1.54, 1.807) is 13.3 Å². The lowest BCUT2D eigenvalue weighted by Crippen LogP contribution is -2.41. The summed E-state index contributed by atoms with van der Waals surface area (Å²) in [5, 5.41) is 0. The maximum atomic E-state index is 5.79. The van der Waals surface area contributed by atoms with Crippen molar-refractivity contribution in [1.82, 2.24) is 4.98 Å². The highest BCUT2D eigenvalue weighted by atomic mass is 35.5. The van der Waals surface area contributed by atoms with E-state index in [1.165, 1.54) is 24.9 Å². The fourth-order valence-electron chi connectivity index (χ4n) is 2.14. The van der Waals surface area contributed by atoms with Crippen LogP contribution in [0, 0.1) is 0 Å². The maximum Gasteiger partial charge on any atom is 0.214 e. The van der Waals surface area contributed by atoms with Crippen LogP contribution in [0.4, 0.5) is 5.69 Å². The fraction of sp³-hybridized carbons (Fsp3) is 0.615. The van der Waals surface area contributed by atoms with Gasteiger partial charge in [-0.1, -0.05) is 0 Å². The average molecular weight is 255 g/mol. The molecule has 0 aliphatic heterocycles. The van der Waals surface area contributed by atoms with Gasteiger partial charge in [-0.15, -0.1) is 11.6 Å². The van der Waals surface area contributed by atoms with Crippen molar-refractivity contribution in [2.75, 3.05) is 24.4 Å². The molecule has 1 aliphatic rings. The molecular formula is C13H19ClN2O. The van der Waals surface area contributed by atoms with Gasteiger partial charge < -0.3 is 9.64 Å². The van der Waals surface area contributed by atoms with E-state index in [2.05, 4.69) is 16.0 Å². The van der Waals surface area contributed by atoms with Crippen molar-refractivity contribution >= 4 is 17.3 Å². The molecule has 3 nitrogen and oxygen atoms in total. The lowest BCUT2D eigenvalue weighted by Gasteiger charge is -2.39. The Bertz CT molecular complexity index is 355. The summed E-state index contributed by atoms with van der Waals surface area (Å²) in [6.07, 6.45) is 6.73. The van der Waals surface area contributed by atoms with E-state index in [9.17, 15) is 0 Å². The first-order valence-corrected chi connectivity index (χ1v) is 6.71. The zero-order valence-corrected chi connectivity index (χ0v) is 11.0. The molecule has 2 rings (SSSR count). The number of hydrogen-bond acceptors (Lipinski definition) is 3. The smallest absolute Gasteiger partial charge is 0.214 e. The van der Waals surface area contributed by atoms with Crippen LogP contribution in [0.15, 0.2) is 18.3 Å². The summed E-state index contributed by atoms with van der Waals surface area (Å²) in [7, 11) is 1.65. The Kier molecular flexibility index (Phi) is 4.49. The molecule has 0 spiro atoms. The number of hydrogen-bond donors (Lipinski definition) is 0. The number of nitrogens with zero attached hydrogens (tertiary/aromatic N) is 2. The highest BCUT2D eigenvalue weighted by molar-refractivity contribution is 6.17. The molecule has 1 saturated carbocycles. The highest BCUT2D eigenvalue weighted by Gasteiger charge is 2.25. The SMILES string of the molecule is COc1cc(N(CCCCl)C2CCC2)ccn1. The zero-order chi connectivity index (χ0) is 12.1. The average Bonchev–Trinajstić information content (AvgIpc) is 2.32. The van der Waals surface area contributed by atoms with Crippen molar-refractivity contribution in [3.8, 4) is 5.88 Å². The number of anilines is 1. The molecule has 17 heavy (non-hydrogen) atoms. The predicted molar refractivity (Wildman–Crippen MR) is 71.1 cm³/mol. The Balaban J connectivity index is 2.11. The quantitative estimate of drug-likeness (QED) is 0.730. The van der Waals surface area contributed by atoms with Crippen LogP contribution in [0.5, 0.6) is 5.88 Å². The van der Waals surface area contributed by atoms with Crippen molar-refractivity contribution in [2.24, 2.45) is 0 Å². The van der Waals surface area contributed by atoms with E-state index in [4.69, 9.17) is 16.3 Å². The molecule has 0 saturated heterocycles. The Morgan fingerprint density at radius 2 is 2.35 bits per heavy atom. The number of pyridine rings is 1. The zero-order valence-electron chi connectivity index (χ0n) is 10.2. The van der Waals surface area contributed by atoms with Gasteiger partial charge in [0.15, 0.2) is 0 Å². The molecule has 0 bridgehead atoms. The third-order valence-corrected chi connectivity index (χ3v) is 3.57. The van der Waals surface area contributed by atoms with Crippen LogP contribution in [0.25, 0.3) is 0 Å². The van der Waals surface area contributed by atoms with Crippen LogP contribution in [-0.4, -0.2) is 30.6 Å². The second-order valence-corrected chi connectivity index (χ2v) is 4.76. The first kappa shape index (κ1) is 12.5. The molecule has 0 unspecified atom stereocenters. The van der Waals surface area contributed by atoms with Crippen molar-refractivity contribution in [3.05, 3.63) is 18.3 Å². The summed E-state index contributed by atoms with van der Waals surface area (Å²) in [4.78, 5) is 6.59. The van der Waals surface area contributed by atoms with Gasteiger partial charge in [0, 0.05) is 36.4 Å². The largest absolute Gasteiger partial charge is 0.481 e. The minimum absolute atomic E-state index is 0.672. The normalized spacial score (nSPS) is 15.4. The first-order valence-electron chi connectivity index (χ1n) is 6.18. The molecular weight excluding hydrogens is 236 g/mol. The summed E-state index contributed by atoms with van der Waals surface area (Å²) in [5.74, 6) is 1.39. The number of alkyl halides is 1. The van der Waals surface area contributed by atoms with Gasteiger partial charge in [0.2, 0.25) is 5.88 Å². The van der Waals surface area contributed by atoms with Gasteiger partial charge in [0.1, 0.15) is 0 Å². The van der Waals surface area contributed by atoms with Crippen LogP contribution >= 0.6 is 11.6 Å². The summed E-state index contributed by atoms with van der Waals surface area (Å²) in [5.41, 5.74) is 1.20. The molecule has 1 aromatic rings. The predicted octanol–water partition coefficient (Wildman–Crippen LogP) is 3.08. The van der Waals surface area contributed by atoms with Crippen LogP contribution in [0.2, 0.25) is 0 Å². The van der Waals surface area contributed by atoms with Crippen molar-refractivity contribution in [1.29, 1.82) is 0 Å². The summed E-state index contributed by atoms with van der Waals surface area (Å²) in [6.45, 7) is 1.02.